The van der Waals surface area contributed by atoms with Gasteiger partial charge < -0.3 is 5.32 Å². The summed E-state index contributed by atoms with van der Waals surface area (Å²) in [5.74, 6) is 0.711. The van der Waals surface area contributed by atoms with Crippen LogP contribution in [-0.2, 0) is 0 Å². The lowest BCUT2D eigenvalue weighted by molar-refractivity contribution is 0.628. The highest BCUT2D eigenvalue weighted by Gasteiger charge is 2.08. The van der Waals surface area contributed by atoms with Crippen LogP contribution in [0, 0.1) is 5.82 Å². The maximum atomic E-state index is 13.2. The van der Waals surface area contributed by atoms with Gasteiger partial charge in [0.1, 0.15) is 11.7 Å². The number of nitrogens with one attached hydrogen (secondary N) is 1. The van der Waals surface area contributed by atoms with Gasteiger partial charge in [-0.2, -0.15) is 0 Å². The fraction of sp³-hybridized carbons (Fsp3) is 0.133. The van der Waals surface area contributed by atoms with Gasteiger partial charge in [-0.3, -0.25) is 4.99 Å². The second kappa shape index (κ2) is 4.61. The molecule has 0 aliphatic carbocycles. The Morgan fingerprint density at radius 3 is 2.39 bits per heavy atom. The van der Waals surface area contributed by atoms with Gasteiger partial charge >= 0.3 is 0 Å². The van der Waals surface area contributed by atoms with Crippen LogP contribution in [0.4, 0.5) is 4.39 Å². The predicted octanol–water partition coefficient (Wildman–Crippen LogP) is 2.84. The highest BCUT2D eigenvalue weighted by atomic mass is 19.1. The molecule has 0 radical (unpaired) electrons. The molecular formula is C15H13FN2. The summed E-state index contributed by atoms with van der Waals surface area (Å²) in [6.45, 7) is 1.71. The van der Waals surface area contributed by atoms with Gasteiger partial charge in [-0.15, -0.1) is 0 Å². The molecule has 0 spiro atoms. The molecule has 2 nitrogen and oxygen atoms in total. The van der Waals surface area contributed by atoms with Crippen molar-refractivity contribution >= 4 is 5.84 Å². The van der Waals surface area contributed by atoms with Crippen LogP contribution >= 0.6 is 0 Å². The average molecular weight is 240 g/mol. The Morgan fingerprint density at radius 2 is 1.67 bits per heavy atom. The van der Waals surface area contributed by atoms with Crippen LogP contribution in [0.3, 0.4) is 0 Å². The fourth-order valence-electron chi connectivity index (χ4n) is 2.11. The molecule has 0 saturated heterocycles. The molecule has 0 amide bonds. The Bertz CT molecular complexity index is 605. The third-order valence-electron chi connectivity index (χ3n) is 2.97. The second-order valence-electron chi connectivity index (χ2n) is 4.25. The number of nitrogens with zero attached hydrogens (tertiary/aromatic N) is 1. The van der Waals surface area contributed by atoms with Crippen LogP contribution in [0.1, 0.15) is 5.56 Å². The van der Waals surface area contributed by atoms with Gasteiger partial charge in [0.05, 0.1) is 6.54 Å². The average Bonchev–Trinajstić information content (AvgIpc) is 2.93. The molecule has 0 atom stereocenters. The van der Waals surface area contributed by atoms with Gasteiger partial charge in [0.15, 0.2) is 0 Å². The van der Waals surface area contributed by atoms with Crippen LogP contribution in [0.5, 0.6) is 0 Å². The van der Waals surface area contributed by atoms with E-state index in [4.69, 9.17) is 0 Å². The Balaban J connectivity index is 2.00. The van der Waals surface area contributed by atoms with Crippen molar-refractivity contribution < 1.29 is 4.39 Å². The largest absolute Gasteiger partial charge is 0.368 e. The van der Waals surface area contributed by atoms with E-state index in [-0.39, 0.29) is 5.82 Å². The van der Waals surface area contributed by atoms with Crippen molar-refractivity contribution in [3.63, 3.8) is 0 Å². The van der Waals surface area contributed by atoms with Gasteiger partial charge in [0.2, 0.25) is 0 Å². The SMILES string of the molecule is Fc1cccc(-c2cccc(C3=NCCN3)c2)c1. The van der Waals surface area contributed by atoms with E-state index in [0.29, 0.717) is 0 Å². The van der Waals surface area contributed by atoms with Crippen molar-refractivity contribution in [1.82, 2.24) is 5.32 Å². The Hall–Kier alpha value is -2.16. The standard InChI is InChI=1S/C15H13FN2/c16-14-6-2-4-12(10-14)11-3-1-5-13(9-11)15-17-7-8-18-15/h1-6,9-10H,7-8H2,(H,17,18). The molecule has 0 bridgehead atoms. The number of benzene rings is 2. The third-order valence-corrected chi connectivity index (χ3v) is 2.97. The van der Waals surface area contributed by atoms with E-state index in [9.17, 15) is 4.39 Å². The number of aliphatic imine (C=N–C) groups is 1. The van der Waals surface area contributed by atoms with Gasteiger partial charge in [-0.05, 0) is 29.3 Å². The summed E-state index contributed by atoms with van der Waals surface area (Å²) in [6.07, 6.45) is 0. The molecule has 1 N–H and O–H groups in total. The van der Waals surface area contributed by atoms with Crippen LogP contribution in [0.25, 0.3) is 11.1 Å². The molecule has 0 fully saturated rings. The molecule has 1 heterocycles. The molecule has 0 saturated carbocycles. The number of halogens is 1. The number of amidine groups is 1. The van der Waals surface area contributed by atoms with Crippen LogP contribution in [-0.4, -0.2) is 18.9 Å². The van der Waals surface area contributed by atoms with E-state index in [1.54, 1.807) is 12.1 Å². The molecule has 0 unspecified atom stereocenters. The minimum atomic E-state index is -0.214. The summed E-state index contributed by atoms with van der Waals surface area (Å²) >= 11 is 0. The van der Waals surface area contributed by atoms with Crippen molar-refractivity contribution in [2.75, 3.05) is 13.1 Å². The van der Waals surface area contributed by atoms with E-state index in [2.05, 4.69) is 10.3 Å². The van der Waals surface area contributed by atoms with Crippen LogP contribution in [0.15, 0.2) is 53.5 Å². The summed E-state index contributed by atoms with van der Waals surface area (Å²) in [7, 11) is 0. The fourth-order valence-corrected chi connectivity index (χ4v) is 2.11. The molecule has 3 rings (SSSR count). The first-order valence-corrected chi connectivity index (χ1v) is 5.98. The van der Waals surface area contributed by atoms with Gasteiger partial charge in [-0.1, -0.05) is 30.3 Å². The number of hydrogen-bond acceptors (Lipinski definition) is 2. The van der Waals surface area contributed by atoms with Crippen molar-refractivity contribution in [2.45, 2.75) is 0 Å². The molecular weight excluding hydrogens is 227 g/mol. The minimum absolute atomic E-state index is 0.214. The molecule has 2 aromatic rings. The molecule has 90 valence electrons. The van der Waals surface area contributed by atoms with Crippen molar-refractivity contribution in [3.8, 4) is 11.1 Å². The van der Waals surface area contributed by atoms with Crippen molar-refractivity contribution in [1.29, 1.82) is 0 Å². The second-order valence-corrected chi connectivity index (χ2v) is 4.25. The third kappa shape index (κ3) is 2.12. The molecule has 0 aromatic heterocycles. The van der Waals surface area contributed by atoms with E-state index >= 15 is 0 Å². The molecule has 1 aliphatic rings. The van der Waals surface area contributed by atoms with E-state index in [1.807, 2.05) is 30.3 Å². The zero-order valence-electron chi connectivity index (χ0n) is 9.86. The van der Waals surface area contributed by atoms with Crippen LogP contribution < -0.4 is 5.32 Å². The molecule has 2 aromatic carbocycles. The Labute approximate surface area is 105 Å². The number of rotatable bonds is 2. The maximum absolute atomic E-state index is 13.2. The normalized spacial score (nSPS) is 14.2. The summed E-state index contributed by atoms with van der Waals surface area (Å²) in [6, 6.07) is 14.6. The topological polar surface area (TPSA) is 24.4 Å². The quantitative estimate of drug-likeness (QED) is 0.857. The van der Waals surface area contributed by atoms with E-state index in [0.717, 1.165) is 35.6 Å². The highest BCUT2D eigenvalue weighted by Crippen LogP contribution is 2.21. The van der Waals surface area contributed by atoms with E-state index in [1.165, 1.54) is 6.07 Å². The highest BCUT2D eigenvalue weighted by molar-refractivity contribution is 6.00. The lowest BCUT2D eigenvalue weighted by atomic mass is 10.0. The molecule has 18 heavy (non-hydrogen) atoms. The first-order valence-electron chi connectivity index (χ1n) is 5.98. The zero-order chi connectivity index (χ0) is 12.4. The van der Waals surface area contributed by atoms with Crippen LogP contribution in [0.2, 0.25) is 0 Å². The van der Waals surface area contributed by atoms with E-state index < -0.39 is 0 Å². The Kier molecular flexibility index (Phi) is 2.81. The summed E-state index contributed by atoms with van der Waals surface area (Å²) in [5, 5.41) is 3.24. The predicted molar refractivity (Wildman–Crippen MR) is 71.2 cm³/mol. The zero-order valence-corrected chi connectivity index (χ0v) is 9.86. The first-order chi connectivity index (χ1) is 8.83. The monoisotopic (exact) mass is 240 g/mol. The van der Waals surface area contributed by atoms with Crippen molar-refractivity contribution in [2.24, 2.45) is 4.99 Å². The molecule has 1 aliphatic heterocycles. The number of hydrogen-bond donors (Lipinski definition) is 1. The summed E-state index contributed by atoms with van der Waals surface area (Å²) in [5.41, 5.74) is 2.94. The maximum Gasteiger partial charge on any atom is 0.128 e. The lowest BCUT2D eigenvalue weighted by Gasteiger charge is -2.06. The van der Waals surface area contributed by atoms with Gasteiger partial charge in [0.25, 0.3) is 0 Å². The summed E-state index contributed by atoms with van der Waals surface area (Å²) < 4.78 is 13.2. The van der Waals surface area contributed by atoms with Gasteiger partial charge in [0, 0.05) is 12.1 Å². The molecule has 3 heteroatoms. The lowest BCUT2D eigenvalue weighted by Crippen LogP contribution is -2.19. The summed E-state index contributed by atoms with van der Waals surface area (Å²) in [4.78, 5) is 4.39. The van der Waals surface area contributed by atoms with Crippen molar-refractivity contribution in [3.05, 3.63) is 59.9 Å². The smallest absolute Gasteiger partial charge is 0.128 e. The van der Waals surface area contributed by atoms with Gasteiger partial charge in [-0.25, -0.2) is 4.39 Å². The minimum Gasteiger partial charge on any atom is -0.368 e. The Morgan fingerprint density at radius 1 is 0.944 bits per heavy atom. The first kappa shape index (κ1) is 11.0.